The molecule has 0 aliphatic carbocycles. The maximum absolute atomic E-state index is 12.7. The van der Waals surface area contributed by atoms with Crippen LogP contribution in [0.4, 0.5) is 0 Å². The average molecular weight is 727 g/mol. The van der Waals surface area contributed by atoms with E-state index < -0.39 is 38.6 Å². The van der Waals surface area contributed by atoms with Crippen molar-refractivity contribution in [3.05, 3.63) is 48.6 Å². The van der Waals surface area contributed by atoms with Gasteiger partial charge in [0, 0.05) is 6.54 Å². The van der Waals surface area contributed by atoms with Gasteiger partial charge < -0.3 is 26.2 Å². The first-order chi connectivity index (χ1) is 24.3. The quantitative estimate of drug-likeness (QED) is 0.0243. The first kappa shape index (κ1) is 48.4. The number of nitrogens with two attached hydrogens (primary N) is 1. The largest absolute Gasteiger partial charge is 0.472 e. The number of aliphatic hydroxyl groups is 2. The van der Waals surface area contributed by atoms with E-state index in [1.54, 1.807) is 6.08 Å². The first-order valence-electron chi connectivity index (χ1n) is 19.8. The molecule has 4 atom stereocenters. The Hall–Kier alpha value is -1.58. The molecule has 0 aliphatic rings. The van der Waals surface area contributed by atoms with E-state index in [0.717, 1.165) is 51.4 Å². The fourth-order valence-corrected chi connectivity index (χ4v) is 6.12. The SMILES string of the molecule is CCCC/C=C\CCCCC(O)CC(=O)NC(COP(=O)(O)OCCN)C(O)/C=C/CC/C=C/CC/C=C/CCCCCCCCCCCC. The molecule has 0 fully saturated rings. The van der Waals surface area contributed by atoms with Gasteiger partial charge in [0.25, 0.3) is 0 Å². The van der Waals surface area contributed by atoms with Crippen molar-refractivity contribution >= 4 is 13.7 Å². The summed E-state index contributed by atoms with van der Waals surface area (Å²) in [4.78, 5) is 22.6. The van der Waals surface area contributed by atoms with E-state index in [1.807, 2.05) is 6.08 Å². The Labute approximate surface area is 305 Å². The van der Waals surface area contributed by atoms with Gasteiger partial charge in [-0.15, -0.1) is 0 Å². The lowest BCUT2D eigenvalue weighted by Crippen LogP contribution is -2.46. The van der Waals surface area contributed by atoms with Crippen molar-refractivity contribution in [2.45, 2.75) is 180 Å². The number of carbonyl (C=O) groups excluding carboxylic acids is 1. The summed E-state index contributed by atoms with van der Waals surface area (Å²) < 4.78 is 21.9. The van der Waals surface area contributed by atoms with E-state index in [4.69, 9.17) is 14.8 Å². The first-order valence-corrected chi connectivity index (χ1v) is 21.3. The third-order valence-corrected chi connectivity index (χ3v) is 9.39. The predicted molar refractivity (Wildman–Crippen MR) is 209 cm³/mol. The van der Waals surface area contributed by atoms with Gasteiger partial charge >= 0.3 is 7.82 Å². The number of amides is 1. The number of aliphatic hydroxyl groups excluding tert-OH is 2. The van der Waals surface area contributed by atoms with Gasteiger partial charge in [-0.25, -0.2) is 4.57 Å². The van der Waals surface area contributed by atoms with E-state index in [9.17, 15) is 24.5 Å². The van der Waals surface area contributed by atoms with Gasteiger partial charge in [0.1, 0.15) is 0 Å². The Morgan fingerprint density at radius 2 is 1.16 bits per heavy atom. The molecule has 9 nitrogen and oxygen atoms in total. The van der Waals surface area contributed by atoms with Crippen LogP contribution in [0.15, 0.2) is 48.6 Å². The summed E-state index contributed by atoms with van der Waals surface area (Å²) in [7, 11) is -4.41. The molecule has 0 bridgehead atoms. The predicted octanol–water partition coefficient (Wildman–Crippen LogP) is 9.52. The Morgan fingerprint density at radius 1 is 0.680 bits per heavy atom. The zero-order valence-electron chi connectivity index (χ0n) is 31.7. The summed E-state index contributed by atoms with van der Waals surface area (Å²) in [6.45, 7) is 3.84. The van der Waals surface area contributed by atoms with Crippen LogP contribution in [0.1, 0.15) is 162 Å². The molecule has 0 radical (unpaired) electrons. The van der Waals surface area contributed by atoms with Gasteiger partial charge in [-0.05, 0) is 64.2 Å². The lowest BCUT2D eigenvalue weighted by molar-refractivity contribution is -0.124. The summed E-state index contributed by atoms with van der Waals surface area (Å²) >= 11 is 0. The van der Waals surface area contributed by atoms with Crippen LogP contribution in [-0.4, -0.2) is 59.0 Å². The van der Waals surface area contributed by atoms with Crippen molar-refractivity contribution in [1.29, 1.82) is 0 Å². The molecule has 0 saturated carbocycles. The van der Waals surface area contributed by atoms with Crippen LogP contribution in [0.25, 0.3) is 0 Å². The molecule has 0 aliphatic heterocycles. The number of nitrogens with one attached hydrogen (secondary N) is 1. The minimum Gasteiger partial charge on any atom is -0.393 e. The molecule has 292 valence electrons. The summed E-state index contributed by atoms with van der Waals surface area (Å²) in [6.07, 6.45) is 39.3. The number of carbonyl (C=O) groups is 1. The van der Waals surface area contributed by atoms with Crippen LogP contribution in [0.2, 0.25) is 0 Å². The van der Waals surface area contributed by atoms with E-state index in [0.29, 0.717) is 12.8 Å². The Balaban J connectivity index is 4.45. The number of hydrogen-bond acceptors (Lipinski definition) is 7. The normalized spacial score (nSPS) is 15.4. The van der Waals surface area contributed by atoms with Gasteiger partial charge in [0.15, 0.2) is 0 Å². The van der Waals surface area contributed by atoms with Crippen molar-refractivity contribution in [2.75, 3.05) is 19.8 Å². The molecule has 0 aromatic rings. The Bertz CT molecular complexity index is 941. The van der Waals surface area contributed by atoms with E-state index >= 15 is 0 Å². The van der Waals surface area contributed by atoms with Crippen LogP contribution >= 0.6 is 7.82 Å². The van der Waals surface area contributed by atoms with E-state index in [-0.39, 0.29) is 19.6 Å². The van der Waals surface area contributed by atoms with Crippen LogP contribution in [0.3, 0.4) is 0 Å². The summed E-state index contributed by atoms with van der Waals surface area (Å²) in [5, 5.41) is 23.8. The average Bonchev–Trinajstić information content (AvgIpc) is 3.09. The maximum Gasteiger partial charge on any atom is 0.472 e. The van der Waals surface area contributed by atoms with Crippen LogP contribution in [0, 0.1) is 0 Å². The number of unbranched alkanes of at least 4 members (excludes halogenated alkanes) is 16. The minimum atomic E-state index is -4.41. The fraction of sp³-hybridized carbons (Fsp3) is 0.775. The Kier molecular flexibility index (Phi) is 34.7. The molecular weight excluding hydrogens is 651 g/mol. The number of allylic oxidation sites excluding steroid dienone is 7. The lowest BCUT2D eigenvalue weighted by Gasteiger charge is -2.24. The van der Waals surface area contributed by atoms with Gasteiger partial charge in [-0.1, -0.05) is 140 Å². The van der Waals surface area contributed by atoms with Gasteiger partial charge in [-0.3, -0.25) is 13.8 Å². The highest BCUT2D eigenvalue weighted by molar-refractivity contribution is 7.47. The van der Waals surface area contributed by atoms with Crippen molar-refractivity contribution in [3.8, 4) is 0 Å². The summed E-state index contributed by atoms with van der Waals surface area (Å²) in [5.41, 5.74) is 5.34. The van der Waals surface area contributed by atoms with Gasteiger partial charge in [-0.2, -0.15) is 0 Å². The molecule has 0 aromatic heterocycles. The van der Waals surface area contributed by atoms with Crippen LogP contribution < -0.4 is 11.1 Å². The number of rotatable bonds is 36. The fourth-order valence-electron chi connectivity index (χ4n) is 5.36. The summed E-state index contributed by atoms with van der Waals surface area (Å²) in [5.74, 6) is -0.478. The second-order valence-electron chi connectivity index (χ2n) is 13.3. The summed E-state index contributed by atoms with van der Waals surface area (Å²) in [6, 6.07) is -1.01. The topological polar surface area (TPSA) is 151 Å². The van der Waals surface area contributed by atoms with E-state index in [1.165, 1.54) is 77.0 Å². The lowest BCUT2D eigenvalue weighted by atomic mass is 10.1. The van der Waals surface area contributed by atoms with Crippen molar-refractivity contribution in [1.82, 2.24) is 5.32 Å². The number of phosphoric ester groups is 1. The smallest absolute Gasteiger partial charge is 0.393 e. The molecule has 0 spiro atoms. The van der Waals surface area contributed by atoms with E-state index in [2.05, 4.69) is 55.6 Å². The molecule has 0 saturated heterocycles. The molecule has 50 heavy (non-hydrogen) atoms. The molecular formula is C40H75N2O7P. The maximum atomic E-state index is 12.7. The van der Waals surface area contributed by atoms with Crippen molar-refractivity contribution in [2.24, 2.45) is 5.73 Å². The number of phosphoric acid groups is 1. The standard InChI is InChI=1S/C40H75N2O7P/c1-3-5-7-9-11-13-14-15-16-17-18-19-20-21-22-23-24-26-28-30-32-39(44)38(36-49-50(46,47)48-34-33-41)42-40(45)35-37(43)31-29-27-25-12-10-8-6-4-2/h10,12,19-20,23-24,30,32,37-39,43-44H,3-9,11,13-18,21-22,25-29,31,33-36,41H2,1-2H3,(H,42,45)(H,46,47)/b12-10-,20-19+,24-23+,32-30+. The van der Waals surface area contributed by atoms with Crippen LogP contribution in [0.5, 0.6) is 0 Å². The zero-order chi connectivity index (χ0) is 37.0. The molecule has 4 unspecified atom stereocenters. The molecule has 6 N–H and O–H groups in total. The highest BCUT2D eigenvalue weighted by Gasteiger charge is 2.27. The monoisotopic (exact) mass is 727 g/mol. The molecule has 0 aromatic carbocycles. The molecule has 1 amide bonds. The Morgan fingerprint density at radius 3 is 1.72 bits per heavy atom. The molecule has 0 rings (SSSR count). The third-order valence-electron chi connectivity index (χ3n) is 8.41. The third kappa shape index (κ3) is 33.6. The second-order valence-corrected chi connectivity index (χ2v) is 14.8. The highest BCUT2D eigenvalue weighted by atomic mass is 31.2. The van der Waals surface area contributed by atoms with Gasteiger partial charge in [0.05, 0.1) is 37.9 Å². The van der Waals surface area contributed by atoms with Crippen molar-refractivity contribution < 1.29 is 33.5 Å². The van der Waals surface area contributed by atoms with Gasteiger partial charge in [0.2, 0.25) is 5.91 Å². The zero-order valence-corrected chi connectivity index (χ0v) is 32.6. The highest BCUT2D eigenvalue weighted by Crippen LogP contribution is 2.43. The molecule has 10 heteroatoms. The molecule has 0 heterocycles. The second kappa shape index (κ2) is 35.8. The van der Waals surface area contributed by atoms with Crippen LogP contribution in [-0.2, 0) is 18.4 Å². The minimum absolute atomic E-state index is 0.0387. The number of hydrogen-bond donors (Lipinski definition) is 5. The van der Waals surface area contributed by atoms with Crippen molar-refractivity contribution in [3.63, 3.8) is 0 Å².